The van der Waals surface area contributed by atoms with Crippen LogP contribution in [0.15, 0.2) is 54.2 Å². The number of ether oxygens (including phenoxy) is 1. The first-order valence-electron chi connectivity index (χ1n) is 8.07. The van der Waals surface area contributed by atoms with E-state index in [1.807, 2.05) is 49.4 Å². The van der Waals surface area contributed by atoms with Crippen molar-refractivity contribution in [2.24, 2.45) is 0 Å². The third-order valence-electron chi connectivity index (χ3n) is 3.78. The summed E-state index contributed by atoms with van der Waals surface area (Å²) >= 11 is 6.06. The van der Waals surface area contributed by atoms with Crippen molar-refractivity contribution in [1.82, 2.24) is 5.32 Å². The first-order valence-corrected chi connectivity index (χ1v) is 8.45. The van der Waals surface area contributed by atoms with Crippen LogP contribution in [0.3, 0.4) is 0 Å². The average Bonchev–Trinajstić information content (AvgIpc) is 2.65. The lowest BCUT2D eigenvalue weighted by molar-refractivity contribution is -0.117. The minimum Gasteiger partial charge on any atom is -0.497 e. The molecule has 134 valence electrons. The zero-order valence-corrected chi connectivity index (χ0v) is 15.4. The van der Waals surface area contributed by atoms with Gasteiger partial charge in [0, 0.05) is 23.5 Å². The van der Waals surface area contributed by atoms with Crippen molar-refractivity contribution in [2.75, 3.05) is 19.0 Å². The molecule has 2 aromatic carbocycles. The van der Waals surface area contributed by atoms with Crippen LogP contribution in [-0.4, -0.2) is 19.6 Å². The second-order valence-electron chi connectivity index (χ2n) is 5.63. The van der Waals surface area contributed by atoms with Gasteiger partial charge in [-0.25, -0.2) is 0 Å². The van der Waals surface area contributed by atoms with Gasteiger partial charge >= 0.3 is 0 Å². The van der Waals surface area contributed by atoms with E-state index in [-0.39, 0.29) is 5.57 Å². The summed E-state index contributed by atoms with van der Waals surface area (Å²) in [5, 5.41) is 15.5. The van der Waals surface area contributed by atoms with Crippen molar-refractivity contribution < 1.29 is 9.53 Å². The van der Waals surface area contributed by atoms with Gasteiger partial charge in [-0.15, -0.1) is 0 Å². The van der Waals surface area contributed by atoms with Gasteiger partial charge < -0.3 is 15.4 Å². The quantitative estimate of drug-likeness (QED) is 0.574. The van der Waals surface area contributed by atoms with Crippen LogP contribution in [0.1, 0.15) is 11.1 Å². The van der Waals surface area contributed by atoms with Crippen LogP contribution in [0.4, 0.5) is 5.69 Å². The number of carbonyl (C=O) groups excluding carboxylic acids is 1. The smallest absolute Gasteiger partial charge is 0.263 e. The molecule has 0 radical (unpaired) electrons. The van der Waals surface area contributed by atoms with Crippen LogP contribution >= 0.6 is 11.6 Å². The highest BCUT2D eigenvalue weighted by atomic mass is 35.5. The number of halogens is 1. The largest absolute Gasteiger partial charge is 0.497 e. The molecular weight excluding hydrogens is 350 g/mol. The van der Waals surface area contributed by atoms with Crippen LogP contribution in [-0.2, 0) is 11.2 Å². The highest BCUT2D eigenvalue weighted by Crippen LogP contribution is 2.20. The topological polar surface area (TPSA) is 74.1 Å². The molecule has 0 unspecified atom stereocenters. The molecule has 2 N–H and O–H groups in total. The van der Waals surface area contributed by atoms with Crippen molar-refractivity contribution >= 4 is 23.2 Å². The van der Waals surface area contributed by atoms with Gasteiger partial charge in [-0.05, 0) is 48.7 Å². The molecule has 1 amide bonds. The molecule has 0 atom stereocenters. The maximum absolute atomic E-state index is 12.1. The number of nitrogens with zero attached hydrogens (tertiary/aromatic N) is 1. The molecule has 0 bridgehead atoms. The normalized spacial score (nSPS) is 10.8. The highest BCUT2D eigenvalue weighted by Gasteiger charge is 2.08. The number of anilines is 1. The van der Waals surface area contributed by atoms with Crippen molar-refractivity contribution in [3.63, 3.8) is 0 Å². The van der Waals surface area contributed by atoms with Crippen LogP contribution in [0.25, 0.3) is 0 Å². The fraction of sp³-hybridized carbons (Fsp3) is 0.200. The summed E-state index contributed by atoms with van der Waals surface area (Å²) in [6, 6.07) is 14.9. The van der Waals surface area contributed by atoms with Crippen LogP contribution in [0.2, 0.25) is 5.02 Å². The van der Waals surface area contributed by atoms with Gasteiger partial charge in [-0.2, -0.15) is 5.26 Å². The number of benzene rings is 2. The van der Waals surface area contributed by atoms with E-state index in [1.54, 1.807) is 13.2 Å². The van der Waals surface area contributed by atoms with Gasteiger partial charge in [0.2, 0.25) is 0 Å². The number of rotatable bonds is 7. The molecule has 0 saturated heterocycles. The Morgan fingerprint density at radius 2 is 2.00 bits per heavy atom. The number of amides is 1. The van der Waals surface area contributed by atoms with Crippen molar-refractivity contribution in [2.45, 2.75) is 13.3 Å². The summed E-state index contributed by atoms with van der Waals surface area (Å²) in [5.74, 6) is 0.362. The Morgan fingerprint density at radius 3 is 2.62 bits per heavy atom. The molecule has 26 heavy (non-hydrogen) atoms. The summed E-state index contributed by atoms with van der Waals surface area (Å²) in [4.78, 5) is 12.1. The van der Waals surface area contributed by atoms with Gasteiger partial charge in [0.1, 0.15) is 17.4 Å². The van der Waals surface area contributed by atoms with E-state index >= 15 is 0 Å². The molecule has 5 nitrogen and oxygen atoms in total. The third-order valence-corrected chi connectivity index (χ3v) is 4.19. The number of methoxy groups -OCH3 is 1. The molecule has 0 fully saturated rings. The first kappa shape index (κ1) is 19.4. The van der Waals surface area contributed by atoms with Crippen LogP contribution < -0.4 is 15.4 Å². The van der Waals surface area contributed by atoms with Crippen molar-refractivity contribution in [3.05, 3.63) is 70.4 Å². The van der Waals surface area contributed by atoms with Crippen LogP contribution in [0, 0.1) is 18.3 Å². The molecule has 2 rings (SSSR count). The average molecular weight is 370 g/mol. The maximum atomic E-state index is 12.1. The predicted octanol–water partition coefficient (Wildman–Crippen LogP) is 3.84. The zero-order valence-electron chi connectivity index (χ0n) is 14.7. The Hall–Kier alpha value is -2.97. The lowest BCUT2D eigenvalue weighted by atomic mass is 10.1. The lowest BCUT2D eigenvalue weighted by Gasteiger charge is -2.07. The molecule has 0 heterocycles. The Morgan fingerprint density at radius 1 is 1.27 bits per heavy atom. The zero-order chi connectivity index (χ0) is 18.9. The highest BCUT2D eigenvalue weighted by molar-refractivity contribution is 6.31. The summed E-state index contributed by atoms with van der Waals surface area (Å²) in [5.41, 5.74) is 2.73. The minimum absolute atomic E-state index is 0.00331. The molecule has 0 spiro atoms. The van der Waals surface area contributed by atoms with E-state index in [1.165, 1.54) is 6.20 Å². The van der Waals surface area contributed by atoms with Crippen molar-refractivity contribution in [3.8, 4) is 11.8 Å². The predicted molar refractivity (Wildman–Crippen MR) is 103 cm³/mol. The van der Waals surface area contributed by atoms with Gasteiger partial charge in [0.25, 0.3) is 5.91 Å². The van der Waals surface area contributed by atoms with Gasteiger partial charge in [0.05, 0.1) is 7.11 Å². The monoisotopic (exact) mass is 369 g/mol. The lowest BCUT2D eigenvalue weighted by Crippen LogP contribution is -2.27. The Bertz CT molecular complexity index is 839. The molecular formula is C20H20ClN3O2. The summed E-state index contributed by atoms with van der Waals surface area (Å²) in [7, 11) is 1.61. The molecule has 0 aliphatic rings. The van der Waals surface area contributed by atoms with Gasteiger partial charge in [-0.1, -0.05) is 29.8 Å². The number of nitriles is 1. The Balaban J connectivity index is 1.88. The standard InChI is InChI=1S/C20H20ClN3O2/c1-14-3-6-17(11-19(14)21)24-13-16(12-22)20(25)23-10-9-15-4-7-18(26-2)8-5-15/h3-8,11,13,24H,9-10H2,1-2H3,(H,23,25)/b16-13-. The second-order valence-corrected chi connectivity index (χ2v) is 6.04. The SMILES string of the molecule is COc1ccc(CCNC(=O)/C(C#N)=C\Nc2ccc(C)c(Cl)c2)cc1. The molecule has 0 aliphatic carbocycles. The fourth-order valence-corrected chi connectivity index (χ4v) is 2.38. The van der Waals surface area contributed by atoms with E-state index in [2.05, 4.69) is 10.6 Å². The van der Waals surface area contributed by atoms with Gasteiger partial charge in [0.15, 0.2) is 0 Å². The number of nitrogens with one attached hydrogen (secondary N) is 2. The number of hydrogen-bond acceptors (Lipinski definition) is 4. The summed E-state index contributed by atoms with van der Waals surface area (Å²) in [6.07, 6.45) is 2.04. The molecule has 6 heteroatoms. The fourth-order valence-electron chi connectivity index (χ4n) is 2.19. The molecule has 0 aromatic heterocycles. The second kappa shape index (κ2) is 9.50. The molecule has 2 aromatic rings. The Labute approximate surface area is 158 Å². The number of aryl methyl sites for hydroxylation is 1. The molecule has 0 aliphatic heterocycles. The van der Waals surface area contributed by atoms with Gasteiger partial charge in [-0.3, -0.25) is 4.79 Å². The van der Waals surface area contributed by atoms with Crippen LogP contribution in [0.5, 0.6) is 5.75 Å². The maximum Gasteiger partial charge on any atom is 0.263 e. The van der Waals surface area contributed by atoms with E-state index in [9.17, 15) is 10.1 Å². The van der Waals surface area contributed by atoms with E-state index in [0.29, 0.717) is 23.7 Å². The minimum atomic E-state index is -0.424. The molecule has 0 saturated carbocycles. The number of carbonyl (C=O) groups is 1. The Kier molecular flexibility index (Phi) is 7.07. The summed E-state index contributed by atoms with van der Waals surface area (Å²) < 4.78 is 5.11. The van der Waals surface area contributed by atoms with E-state index < -0.39 is 5.91 Å². The number of hydrogen-bond donors (Lipinski definition) is 2. The third kappa shape index (κ3) is 5.54. The van der Waals surface area contributed by atoms with Crippen molar-refractivity contribution in [1.29, 1.82) is 5.26 Å². The summed E-state index contributed by atoms with van der Waals surface area (Å²) in [6.45, 7) is 2.33. The van der Waals surface area contributed by atoms with E-state index in [0.717, 1.165) is 16.9 Å². The van der Waals surface area contributed by atoms with E-state index in [4.69, 9.17) is 16.3 Å². The first-order chi connectivity index (χ1) is 12.5.